The first kappa shape index (κ1) is 8.96. The highest BCUT2D eigenvalue weighted by atomic mass is 35.5. The molecule has 6 heteroatoms. The smallest absolute Gasteiger partial charge is 0.310 e. The Hall–Kier alpha value is -1.62. The minimum Gasteiger partial charge on any atom is -0.392 e. The van der Waals surface area contributed by atoms with E-state index < -0.39 is 5.97 Å². The molecule has 0 aliphatic carbocycles. The first-order chi connectivity index (χ1) is 6.68. The molecule has 0 spiro atoms. The molecule has 0 aliphatic rings. The molecule has 2 aromatic heterocycles. The summed E-state index contributed by atoms with van der Waals surface area (Å²) < 4.78 is 6.40. The highest BCUT2D eigenvalue weighted by Gasteiger charge is 2.08. The van der Waals surface area contributed by atoms with Crippen molar-refractivity contribution in [3.8, 4) is 6.01 Å². The number of fused-ring (bicyclic) bond motifs is 1. The largest absolute Gasteiger partial charge is 0.392 e. The molecule has 0 aliphatic heterocycles. The summed E-state index contributed by atoms with van der Waals surface area (Å²) in [5.41, 5.74) is 0.602. The van der Waals surface area contributed by atoms with Gasteiger partial charge in [-0.1, -0.05) is 11.6 Å². The maximum absolute atomic E-state index is 10.7. The highest BCUT2D eigenvalue weighted by Crippen LogP contribution is 2.18. The Kier molecular flexibility index (Phi) is 2.09. The van der Waals surface area contributed by atoms with E-state index in [1.54, 1.807) is 10.6 Å². The molecule has 2 rings (SSSR count). The SMILES string of the molecule is CC(=O)Oc1ncc2c(Cl)nccn12. The Morgan fingerprint density at radius 2 is 2.36 bits per heavy atom. The predicted octanol–water partition coefficient (Wildman–Crippen LogP) is 1.31. The van der Waals surface area contributed by atoms with Crippen LogP contribution < -0.4 is 4.74 Å². The Labute approximate surface area is 84.3 Å². The maximum Gasteiger partial charge on any atom is 0.310 e. The average Bonchev–Trinajstić information content (AvgIpc) is 2.49. The van der Waals surface area contributed by atoms with E-state index in [2.05, 4.69) is 9.97 Å². The molecule has 0 amide bonds. The molecule has 0 radical (unpaired) electrons. The Bertz CT molecular complexity index is 494. The summed E-state index contributed by atoms with van der Waals surface area (Å²) in [6.45, 7) is 1.31. The number of ether oxygens (including phenoxy) is 1. The van der Waals surface area contributed by atoms with Crippen LogP contribution in [0.5, 0.6) is 6.01 Å². The normalized spacial score (nSPS) is 10.4. The van der Waals surface area contributed by atoms with Crippen molar-refractivity contribution in [1.82, 2.24) is 14.4 Å². The summed E-state index contributed by atoms with van der Waals surface area (Å²) >= 11 is 5.79. The number of hydrogen-bond donors (Lipinski definition) is 0. The Morgan fingerprint density at radius 3 is 3.07 bits per heavy atom. The number of rotatable bonds is 1. The van der Waals surface area contributed by atoms with Crippen molar-refractivity contribution in [3.63, 3.8) is 0 Å². The number of hydrogen-bond acceptors (Lipinski definition) is 4. The van der Waals surface area contributed by atoms with Gasteiger partial charge < -0.3 is 4.74 Å². The van der Waals surface area contributed by atoms with Gasteiger partial charge in [0, 0.05) is 19.3 Å². The topological polar surface area (TPSA) is 56.5 Å². The van der Waals surface area contributed by atoms with Crippen molar-refractivity contribution in [3.05, 3.63) is 23.7 Å². The summed E-state index contributed by atoms with van der Waals surface area (Å²) in [5.74, 6) is -0.426. The van der Waals surface area contributed by atoms with Crippen LogP contribution in [-0.4, -0.2) is 20.3 Å². The van der Waals surface area contributed by atoms with Gasteiger partial charge in [0.2, 0.25) is 0 Å². The molecule has 14 heavy (non-hydrogen) atoms. The van der Waals surface area contributed by atoms with Crippen LogP contribution in [0.1, 0.15) is 6.92 Å². The van der Waals surface area contributed by atoms with Gasteiger partial charge in [-0.05, 0) is 0 Å². The van der Waals surface area contributed by atoms with Gasteiger partial charge in [-0.3, -0.25) is 9.20 Å². The molecule has 0 atom stereocenters. The number of esters is 1. The monoisotopic (exact) mass is 211 g/mol. The molecule has 0 N–H and O–H groups in total. The first-order valence-electron chi connectivity index (χ1n) is 3.84. The number of nitrogens with zero attached hydrogens (tertiary/aromatic N) is 3. The Balaban J connectivity index is 2.58. The lowest BCUT2D eigenvalue weighted by molar-refractivity contribution is -0.132. The second-order valence-corrected chi connectivity index (χ2v) is 2.97. The number of imidazole rings is 1. The second-order valence-electron chi connectivity index (χ2n) is 2.61. The van der Waals surface area contributed by atoms with Gasteiger partial charge in [0.1, 0.15) is 5.52 Å². The maximum atomic E-state index is 10.7. The molecule has 0 fully saturated rings. The molecule has 2 heterocycles. The van der Waals surface area contributed by atoms with Gasteiger partial charge in [-0.15, -0.1) is 0 Å². The third kappa shape index (κ3) is 1.42. The molecule has 0 saturated carbocycles. The van der Waals surface area contributed by atoms with Crippen molar-refractivity contribution < 1.29 is 9.53 Å². The van der Waals surface area contributed by atoms with Crippen LogP contribution in [0.25, 0.3) is 5.52 Å². The number of aromatic nitrogens is 3. The van der Waals surface area contributed by atoms with Crippen LogP contribution in [-0.2, 0) is 4.79 Å². The summed E-state index contributed by atoms with van der Waals surface area (Å²) in [7, 11) is 0. The Morgan fingerprint density at radius 1 is 1.57 bits per heavy atom. The van der Waals surface area contributed by atoms with Crippen molar-refractivity contribution in [2.75, 3.05) is 0 Å². The van der Waals surface area contributed by atoms with E-state index in [0.29, 0.717) is 10.7 Å². The van der Waals surface area contributed by atoms with Gasteiger partial charge in [-0.2, -0.15) is 0 Å². The first-order valence-corrected chi connectivity index (χ1v) is 4.22. The minimum absolute atomic E-state index is 0.191. The van der Waals surface area contributed by atoms with Crippen LogP contribution in [0.3, 0.4) is 0 Å². The molecule has 0 bridgehead atoms. The van der Waals surface area contributed by atoms with Gasteiger partial charge in [0.05, 0.1) is 6.20 Å². The van der Waals surface area contributed by atoms with E-state index in [1.807, 2.05) is 0 Å². The van der Waals surface area contributed by atoms with Crippen LogP contribution in [0, 0.1) is 0 Å². The van der Waals surface area contributed by atoms with Gasteiger partial charge in [0.15, 0.2) is 5.15 Å². The van der Waals surface area contributed by atoms with E-state index in [9.17, 15) is 4.79 Å². The molecule has 0 aromatic carbocycles. The number of halogens is 1. The van der Waals surface area contributed by atoms with Crippen molar-refractivity contribution in [1.29, 1.82) is 0 Å². The second kappa shape index (κ2) is 3.26. The van der Waals surface area contributed by atoms with Gasteiger partial charge in [-0.25, -0.2) is 9.97 Å². The van der Waals surface area contributed by atoms with E-state index in [4.69, 9.17) is 16.3 Å². The van der Waals surface area contributed by atoms with E-state index in [1.165, 1.54) is 19.3 Å². The molecular formula is C8H6ClN3O2. The van der Waals surface area contributed by atoms with Crippen LogP contribution in [0.15, 0.2) is 18.6 Å². The van der Waals surface area contributed by atoms with Crippen molar-refractivity contribution in [2.45, 2.75) is 6.92 Å². The lowest BCUT2D eigenvalue weighted by Crippen LogP contribution is -2.04. The number of carbonyl (C=O) groups is 1. The van der Waals surface area contributed by atoms with E-state index >= 15 is 0 Å². The lowest BCUT2D eigenvalue weighted by atomic mass is 10.6. The molecule has 72 valence electrons. The zero-order chi connectivity index (χ0) is 10.1. The molecular weight excluding hydrogens is 206 g/mol. The molecule has 0 unspecified atom stereocenters. The molecule has 5 nitrogen and oxygen atoms in total. The fourth-order valence-corrected chi connectivity index (χ4v) is 1.27. The lowest BCUT2D eigenvalue weighted by Gasteiger charge is -1.99. The summed E-state index contributed by atoms with van der Waals surface area (Å²) in [5, 5.41) is 0.318. The molecule has 2 aromatic rings. The fourth-order valence-electron chi connectivity index (χ4n) is 1.08. The number of carbonyl (C=O) groups excluding carboxylic acids is 1. The van der Waals surface area contributed by atoms with Crippen LogP contribution >= 0.6 is 11.6 Å². The van der Waals surface area contributed by atoms with Crippen LogP contribution in [0.2, 0.25) is 5.15 Å². The zero-order valence-electron chi connectivity index (χ0n) is 7.27. The zero-order valence-corrected chi connectivity index (χ0v) is 8.02. The van der Waals surface area contributed by atoms with Gasteiger partial charge in [0.25, 0.3) is 0 Å². The third-order valence-electron chi connectivity index (χ3n) is 1.61. The standard InChI is InChI=1S/C8H6ClN3O2/c1-5(13)14-8-11-4-6-7(9)10-2-3-12(6)8/h2-4H,1H3. The average molecular weight is 212 g/mol. The third-order valence-corrected chi connectivity index (χ3v) is 1.90. The van der Waals surface area contributed by atoms with Crippen molar-refractivity contribution >= 4 is 23.1 Å². The quantitative estimate of drug-likeness (QED) is 0.668. The summed E-state index contributed by atoms with van der Waals surface area (Å²) in [6.07, 6.45) is 4.62. The van der Waals surface area contributed by atoms with Crippen molar-refractivity contribution in [2.24, 2.45) is 0 Å². The summed E-state index contributed by atoms with van der Waals surface area (Å²) in [6, 6.07) is 0.191. The predicted molar refractivity (Wildman–Crippen MR) is 49.3 cm³/mol. The fraction of sp³-hybridized carbons (Fsp3) is 0.125. The van der Waals surface area contributed by atoms with E-state index in [-0.39, 0.29) is 6.01 Å². The van der Waals surface area contributed by atoms with Crippen LogP contribution in [0.4, 0.5) is 0 Å². The summed E-state index contributed by atoms with van der Waals surface area (Å²) in [4.78, 5) is 18.5. The minimum atomic E-state index is -0.426. The van der Waals surface area contributed by atoms with E-state index in [0.717, 1.165) is 0 Å². The van der Waals surface area contributed by atoms with Gasteiger partial charge >= 0.3 is 12.0 Å². The molecule has 0 saturated heterocycles. The highest BCUT2D eigenvalue weighted by molar-refractivity contribution is 6.32.